The highest BCUT2D eigenvalue weighted by Crippen LogP contribution is 2.10. The van der Waals surface area contributed by atoms with Crippen molar-refractivity contribution in [1.82, 2.24) is 9.97 Å². The van der Waals surface area contributed by atoms with E-state index in [0.29, 0.717) is 12.5 Å². The highest BCUT2D eigenvalue weighted by molar-refractivity contribution is 5.31. The smallest absolute Gasteiger partial charge is 0.223 e. The normalized spacial score (nSPS) is 11.5. The Hall–Kier alpha value is -1.16. The first-order valence-corrected chi connectivity index (χ1v) is 4.73. The summed E-state index contributed by atoms with van der Waals surface area (Å²) in [5, 5.41) is 3.20. The first-order valence-electron chi connectivity index (χ1n) is 4.73. The minimum atomic E-state index is -0.166. The average molecular weight is 194 g/mol. The van der Waals surface area contributed by atoms with Crippen LogP contribution in [0.3, 0.4) is 0 Å². The van der Waals surface area contributed by atoms with Crippen molar-refractivity contribution in [3.8, 4) is 0 Å². The first-order chi connectivity index (χ1) is 6.43. The summed E-state index contributed by atoms with van der Waals surface area (Å²) < 4.78 is 0. The zero-order valence-corrected chi connectivity index (χ0v) is 9.26. The van der Waals surface area contributed by atoms with Crippen LogP contribution < -0.4 is 11.1 Å². The molecule has 1 aromatic heterocycles. The van der Waals surface area contributed by atoms with E-state index >= 15 is 0 Å². The fourth-order valence-corrected chi connectivity index (χ4v) is 1.14. The summed E-state index contributed by atoms with van der Waals surface area (Å²) in [7, 11) is 0. The molecule has 0 aliphatic rings. The molecule has 0 saturated heterocycles. The summed E-state index contributed by atoms with van der Waals surface area (Å²) in [4.78, 5) is 8.58. The first kappa shape index (κ1) is 10.9. The summed E-state index contributed by atoms with van der Waals surface area (Å²) in [6.07, 6.45) is 0. The molecule has 78 valence electrons. The standard InChI is InChI=1S/C10H18N4/c1-7-5-8(2)13-9(12-7)14-10(3,4)6-11/h5H,6,11H2,1-4H3,(H,12,13,14). The summed E-state index contributed by atoms with van der Waals surface area (Å²) in [5.74, 6) is 0.651. The van der Waals surface area contributed by atoms with Crippen LogP contribution in [0.25, 0.3) is 0 Å². The van der Waals surface area contributed by atoms with Gasteiger partial charge in [-0.25, -0.2) is 9.97 Å². The van der Waals surface area contributed by atoms with Crippen LogP contribution in [0.4, 0.5) is 5.95 Å². The molecule has 0 radical (unpaired) electrons. The molecule has 0 atom stereocenters. The zero-order valence-electron chi connectivity index (χ0n) is 9.26. The molecule has 3 N–H and O–H groups in total. The second-order valence-electron chi connectivity index (χ2n) is 4.19. The molecule has 1 aromatic rings. The van der Waals surface area contributed by atoms with Gasteiger partial charge in [0.25, 0.3) is 0 Å². The molecule has 0 saturated carbocycles. The van der Waals surface area contributed by atoms with E-state index in [-0.39, 0.29) is 5.54 Å². The van der Waals surface area contributed by atoms with Gasteiger partial charge in [-0.2, -0.15) is 0 Å². The molecule has 0 unspecified atom stereocenters. The van der Waals surface area contributed by atoms with Crippen molar-refractivity contribution in [2.45, 2.75) is 33.2 Å². The largest absolute Gasteiger partial charge is 0.348 e. The molecule has 0 aliphatic carbocycles. The van der Waals surface area contributed by atoms with Crippen molar-refractivity contribution in [3.05, 3.63) is 17.5 Å². The van der Waals surface area contributed by atoms with Crippen LogP contribution in [0, 0.1) is 13.8 Å². The molecule has 0 amide bonds. The van der Waals surface area contributed by atoms with Crippen LogP contribution in [0.15, 0.2) is 6.07 Å². The summed E-state index contributed by atoms with van der Waals surface area (Å²) in [6.45, 7) is 8.50. The lowest BCUT2D eigenvalue weighted by Crippen LogP contribution is -2.39. The number of nitrogens with zero attached hydrogens (tertiary/aromatic N) is 2. The number of hydrogen-bond acceptors (Lipinski definition) is 4. The van der Waals surface area contributed by atoms with Gasteiger partial charge in [-0.15, -0.1) is 0 Å². The molecule has 1 heterocycles. The Morgan fingerprint density at radius 1 is 1.29 bits per heavy atom. The van der Waals surface area contributed by atoms with E-state index in [9.17, 15) is 0 Å². The van der Waals surface area contributed by atoms with E-state index in [2.05, 4.69) is 15.3 Å². The van der Waals surface area contributed by atoms with Crippen LogP contribution in [-0.2, 0) is 0 Å². The lowest BCUT2D eigenvalue weighted by molar-refractivity contribution is 0.573. The Bertz CT molecular complexity index is 300. The van der Waals surface area contributed by atoms with E-state index < -0.39 is 0 Å². The molecule has 0 aromatic carbocycles. The lowest BCUT2D eigenvalue weighted by Gasteiger charge is -2.24. The van der Waals surface area contributed by atoms with Gasteiger partial charge in [-0.1, -0.05) is 0 Å². The lowest BCUT2D eigenvalue weighted by atomic mass is 10.1. The van der Waals surface area contributed by atoms with Crippen LogP contribution in [0.5, 0.6) is 0 Å². The summed E-state index contributed by atoms with van der Waals surface area (Å²) >= 11 is 0. The average Bonchev–Trinajstić information content (AvgIpc) is 2.01. The van der Waals surface area contributed by atoms with Crippen molar-refractivity contribution in [1.29, 1.82) is 0 Å². The predicted molar refractivity (Wildman–Crippen MR) is 58.3 cm³/mol. The highest BCUT2D eigenvalue weighted by atomic mass is 15.1. The minimum Gasteiger partial charge on any atom is -0.348 e. The van der Waals surface area contributed by atoms with Crippen molar-refractivity contribution in [2.75, 3.05) is 11.9 Å². The maximum atomic E-state index is 5.61. The van der Waals surface area contributed by atoms with Crippen LogP contribution in [0.2, 0.25) is 0 Å². The molecular formula is C10H18N4. The van der Waals surface area contributed by atoms with E-state index in [1.165, 1.54) is 0 Å². The number of rotatable bonds is 3. The quantitative estimate of drug-likeness (QED) is 0.760. The van der Waals surface area contributed by atoms with Gasteiger partial charge in [-0.05, 0) is 33.8 Å². The topological polar surface area (TPSA) is 63.8 Å². The van der Waals surface area contributed by atoms with Crippen LogP contribution >= 0.6 is 0 Å². The molecule has 4 heteroatoms. The van der Waals surface area contributed by atoms with Crippen LogP contribution in [-0.4, -0.2) is 22.1 Å². The third-order valence-electron chi connectivity index (χ3n) is 1.94. The fraction of sp³-hybridized carbons (Fsp3) is 0.600. The molecule has 4 nitrogen and oxygen atoms in total. The van der Waals surface area contributed by atoms with Gasteiger partial charge < -0.3 is 11.1 Å². The van der Waals surface area contributed by atoms with Crippen molar-refractivity contribution < 1.29 is 0 Å². The van der Waals surface area contributed by atoms with Gasteiger partial charge in [0.15, 0.2) is 0 Å². The van der Waals surface area contributed by atoms with Gasteiger partial charge in [-0.3, -0.25) is 0 Å². The second-order valence-corrected chi connectivity index (χ2v) is 4.19. The Kier molecular flexibility index (Phi) is 3.06. The number of aryl methyl sites for hydroxylation is 2. The maximum Gasteiger partial charge on any atom is 0.223 e. The summed E-state index contributed by atoms with van der Waals surface area (Å²) in [6, 6.07) is 1.95. The zero-order chi connectivity index (χ0) is 10.8. The van der Waals surface area contributed by atoms with Gasteiger partial charge in [0.2, 0.25) is 5.95 Å². The predicted octanol–water partition coefficient (Wildman–Crippen LogP) is 1.24. The fourth-order valence-electron chi connectivity index (χ4n) is 1.14. The van der Waals surface area contributed by atoms with E-state index in [1.54, 1.807) is 0 Å². The van der Waals surface area contributed by atoms with Gasteiger partial charge in [0.1, 0.15) is 0 Å². The Balaban J connectivity index is 2.87. The molecule has 0 aliphatic heterocycles. The van der Waals surface area contributed by atoms with Crippen molar-refractivity contribution >= 4 is 5.95 Å². The Morgan fingerprint density at radius 3 is 2.21 bits per heavy atom. The van der Waals surface area contributed by atoms with E-state index in [0.717, 1.165) is 11.4 Å². The summed E-state index contributed by atoms with van der Waals surface area (Å²) in [5.41, 5.74) is 7.38. The molecule has 0 bridgehead atoms. The van der Waals surface area contributed by atoms with Crippen molar-refractivity contribution in [3.63, 3.8) is 0 Å². The molecule has 1 rings (SSSR count). The molecule has 0 spiro atoms. The third-order valence-corrected chi connectivity index (χ3v) is 1.94. The van der Waals surface area contributed by atoms with Gasteiger partial charge in [0, 0.05) is 23.5 Å². The minimum absolute atomic E-state index is 0.166. The molecule has 0 fully saturated rings. The second kappa shape index (κ2) is 3.92. The molecule has 14 heavy (non-hydrogen) atoms. The maximum absolute atomic E-state index is 5.61. The number of nitrogens with two attached hydrogens (primary N) is 1. The van der Waals surface area contributed by atoms with E-state index in [4.69, 9.17) is 5.73 Å². The third kappa shape index (κ3) is 2.96. The van der Waals surface area contributed by atoms with E-state index in [1.807, 2.05) is 33.8 Å². The van der Waals surface area contributed by atoms with Gasteiger partial charge >= 0.3 is 0 Å². The highest BCUT2D eigenvalue weighted by Gasteiger charge is 2.16. The molecular weight excluding hydrogens is 176 g/mol. The number of nitrogens with one attached hydrogen (secondary N) is 1. The monoisotopic (exact) mass is 194 g/mol. The number of anilines is 1. The van der Waals surface area contributed by atoms with Crippen LogP contribution in [0.1, 0.15) is 25.2 Å². The van der Waals surface area contributed by atoms with Gasteiger partial charge in [0.05, 0.1) is 0 Å². The van der Waals surface area contributed by atoms with Crippen molar-refractivity contribution in [2.24, 2.45) is 5.73 Å². The number of hydrogen-bond donors (Lipinski definition) is 2. The number of aromatic nitrogens is 2. The Morgan fingerprint density at radius 2 is 1.79 bits per heavy atom. The SMILES string of the molecule is Cc1cc(C)nc(NC(C)(C)CN)n1. The Labute approximate surface area is 85.0 Å².